The van der Waals surface area contributed by atoms with Gasteiger partial charge in [-0.15, -0.1) is 0 Å². The van der Waals surface area contributed by atoms with E-state index >= 15 is 0 Å². The third-order valence-electron chi connectivity index (χ3n) is 18.9. The summed E-state index contributed by atoms with van der Waals surface area (Å²) in [5.74, 6) is 0.392. The highest BCUT2D eigenvalue weighted by molar-refractivity contribution is 6.11. The molecule has 12 aromatic rings. The molecule has 0 aliphatic rings. The maximum atomic E-state index is 12.3. The van der Waals surface area contributed by atoms with Gasteiger partial charge >= 0.3 is 18.1 Å². The first-order valence-corrected chi connectivity index (χ1v) is 36.0. The zero-order valence-electron chi connectivity index (χ0n) is 58.1. The number of rotatable bonds is 33. The molecule has 101 heavy (non-hydrogen) atoms. The van der Waals surface area contributed by atoms with Gasteiger partial charge in [0.2, 0.25) is 0 Å². The smallest absolute Gasteiger partial charge is 0.410 e. The lowest BCUT2D eigenvalue weighted by Crippen LogP contribution is -2.06. The Kier molecular flexibility index (Phi) is 23.7. The van der Waals surface area contributed by atoms with Crippen molar-refractivity contribution in [3.8, 4) is 89.5 Å². The minimum absolute atomic E-state index is 0.0824. The Bertz CT molecular complexity index is 4800. The second-order valence-electron chi connectivity index (χ2n) is 26.1. The van der Waals surface area contributed by atoms with E-state index in [4.69, 9.17) is 23.9 Å². The molecule has 9 aromatic carbocycles. The highest BCUT2D eigenvalue weighted by Gasteiger charge is 2.23. The number of alkyl halides is 3. The summed E-state index contributed by atoms with van der Waals surface area (Å²) in [7, 11) is 0. The van der Waals surface area contributed by atoms with E-state index in [0.29, 0.717) is 32.3 Å². The number of nitrogens with zero attached hydrogens (tertiary/aromatic N) is 3. The number of unbranched alkanes of at least 4 members (excludes halogenated alkanes) is 10. The van der Waals surface area contributed by atoms with Crippen LogP contribution in [0.5, 0.6) is 11.5 Å². The molecule has 0 saturated carbocycles. The molecule has 0 aliphatic heterocycles. The van der Waals surface area contributed by atoms with Crippen molar-refractivity contribution in [1.29, 1.82) is 0 Å². The van der Waals surface area contributed by atoms with Crippen molar-refractivity contribution in [2.75, 3.05) is 26.4 Å². The van der Waals surface area contributed by atoms with Crippen LogP contribution >= 0.6 is 0 Å². The van der Waals surface area contributed by atoms with E-state index in [9.17, 15) is 22.8 Å². The number of aromatic nitrogens is 3. The number of carbonyl (C=O) groups excluding carboxylic acids is 2. The number of ether oxygens (including phenoxy) is 4. The lowest BCUT2D eigenvalue weighted by Gasteiger charge is -2.11. The minimum atomic E-state index is -4.54. The summed E-state index contributed by atoms with van der Waals surface area (Å²) in [4.78, 5) is 27.9. The molecule has 0 fully saturated rings. The fourth-order valence-electron chi connectivity index (χ4n) is 13.4. The van der Waals surface area contributed by atoms with Crippen LogP contribution in [0.25, 0.3) is 122 Å². The molecule has 0 amide bonds. The molecule has 9 nitrogen and oxygen atoms in total. The predicted molar refractivity (Wildman–Crippen MR) is 407 cm³/mol. The lowest BCUT2D eigenvalue weighted by atomic mass is 9.98. The number of hydrogen-bond donors (Lipinski definition) is 0. The van der Waals surface area contributed by atoms with Gasteiger partial charge in [0.25, 0.3) is 0 Å². The van der Waals surface area contributed by atoms with Crippen LogP contribution < -0.4 is 9.47 Å². The van der Waals surface area contributed by atoms with Crippen LogP contribution in [0.1, 0.15) is 111 Å². The molecular weight excluding hydrogens is 1260 g/mol. The second-order valence-corrected chi connectivity index (χ2v) is 26.1. The van der Waals surface area contributed by atoms with Crippen molar-refractivity contribution >= 4 is 55.6 Å². The molecule has 0 saturated heterocycles. The average Bonchev–Trinajstić information content (AvgIpc) is 1.60. The number of fused-ring (bicyclic) bond motifs is 6. The van der Waals surface area contributed by atoms with E-state index in [1.807, 2.05) is 25.3 Å². The molecule has 12 heteroatoms. The molecule has 3 heterocycles. The highest BCUT2D eigenvalue weighted by atomic mass is 19.4. The van der Waals surface area contributed by atoms with Crippen molar-refractivity contribution < 1.29 is 41.7 Å². The Morgan fingerprint density at radius 3 is 1.03 bits per heavy atom. The number of carbonyl (C=O) groups is 2. The average molecular weight is 1350 g/mol. The van der Waals surface area contributed by atoms with Gasteiger partial charge in [0, 0.05) is 92.3 Å². The Hall–Kier alpha value is -10.5. The molecule has 0 spiro atoms. The first kappa shape index (κ1) is 70.4. The predicted octanol–water partition coefficient (Wildman–Crippen LogP) is 24.0. The largest absolute Gasteiger partial charge is 0.494 e. The van der Waals surface area contributed by atoms with Crippen LogP contribution in [-0.4, -0.2) is 58.7 Å². The molecule has 0 atom stereocenters. The van der Waals surface area contributed by atoms with Crippen LogP contribution in [0.4, 0.5) is 13.2 Å². The van der Waals surface area contributed by atoms with Crippen LogP contribution in [0.2, 0.25) is 0 Å². The number of hydrogen-bond acceptors (Lipinski definition) is 7. The lowest BCUT2D eigenvalue weighted by molar-refractivity contribution is -0.139. The molecule has 12 rings (SSSR count). The van der Waals surface area contributed by atoms with Crippen molar-refractivity contribution in [3.05, 3.63) is 237 Å². The maximum Gasteiger partial charge on any atom is 0.410 e. The zero-order chi connectivity index (χ0) is 69.9. The Morgan fingerprint density at radius 2 is 0.683 bits per heavy atom. The van der Waals surface area contributed by atoms with E-state index in [0.717, 1.165) is 152 Å². The van der Waals surface area contributed by atoms with Crippen molar-refractivity contribution in [2.24, 2.45) is 0 Å². The summed E-state index contributed by atoms with van der Waals surface area (Å²) in [6.45, 7) is 9.92. The molecule has 0 radical (unpaired) electrons. The van der Waals surface area contributed by atoms with Gasteiger partial charge in [0.1, 0.15) is 11.5 Å². The number of benzene rings is 9. The summed E-state index contributed by atoms with van der Waals surface area (Å²) >= 11 is 0. The number of esters is 2. The van der Waals surface area contributed by atoms with Gasteiger partial charge in [0.05, 0.1) is 32.1 Å². The molecule has 0 N–H and O–H groups in total. The third-order valence-corrected chi connectivity index (χ3v) is 18.9. The molecule has 0 aliphatic carbocycles. The van der Waals surface area contributed by atoms with E-state index in [1.54, 1.807) is 6.08 Å². The van der Waals surface area contributed by atoms with E-state index in [2.05, 4.69) is 217 Å². The first-order valence-electron chi connectivity index (χ1n) is 36.0. The van der Waals surface area contributed by atoms with Gasteiger partial charge in [-0.25, -0.2) is 9.59 Å². The van der Waals surface area contributed by atoms with Crippen molar-refractivity contribution in [2.45, 2.75) is 130 Å². The number of pyridine rings is 1. The van der Waals surface area contributed by atoms with Gasteiger partial charge in [-0.2, -0.15) is 13.2 Å². The summed E-state index contributed by atoms with van der Waals surface area (Å²) in [6, 6.07) is 74.9. The van der Waals surface area contributed by atoms with Crippen molar-refractivity contribution in [1.82, 2.24) is 14.1 Å². The van der Waals surface area contributed by atoms with Gasteiger partial charge in [0.15, 0.2) is 0 Å². The topological polar surface area (TPSA) is 93.8 Å². The summed E-state index contributed by atoms with van der Waals surface area (Å²) in [6.07, 6.45) is 14.6. The van der Waals surface area contributed by atoms with Gasteiger partial charge < -0.3 is 28.1 Å². The minimum Gasteiger partial charge on any atom is -0.494 e. The fourth-order valence-corrected chi connectivity index (χ4v) is 13.4. The summed E-state index contributed by atoms with van der Waals surface area (Å²) in [5.41, 5.74) is 20.8. The van der Waals surface area contributed by atoms with E-state index in [-0.39, 0.29) is 18.7 Å². The Labute approximate surface area is 590 Å². The van der Waals surface area contributed by atoms with E-state index in [1.165, 1.54) is 83.9 Å². The van der Waals surface area contributed by atoms with Crippen molar-refractivity contribution in [3.63, 3.8) is 0 Å². The van der Waals surface area contributed by atoms with Crippen LogP contribution in [0.3, 0.4) is 0 Å². The molecule has 0 bridgehead atoms. The summed E-state index contributed by atoms with van der Waals surface area (Å²) < 4.78 is 64.0. The highest BCUT2D eigenvalue weighted by Crippen LogP contribution is 2.39. The quantitative estimate of drug-likeness (QED) is 0.0230. The normalized spacial score (nSPS) is 11.9. The van der Waals surface area contributed by atoms with E-state index < -0.39 is 12.1 Å². The van der Waals surface area contributed by atoms with Crippen LogP contribution in [0.15, 0.2) is 237 Å². The standard InChI is InChI=1S/C89H88F3N3O6/c1-4-7-13-52-94-83-58-71(36-45-78(83)80-47-38-73(60-85(80)94)67-34-43-77(44-35-67)99-55-16-10-12-18-57-101-88(97)50-51-89(90,91)92)65-22-20-63(21-23-65)64-28-30-70(31-29-64)82-49-40-75(62-93-82)69-26-24-66(25-27-69)72-37-46-79-81-48-39-74(61-86(81)95(84(79)59-72)53-14-8-5-2)68-32-41-76(42-33-68)98-54-15-9-11-17-56-100-87(96)19-6-3/h6,19-51,58-62H,4-5,7-18,52-57H2,1-3H3/b19-6+,51-50+. The number of allylic oxidation sites excluding steroid dienone is 2. The monoisotopic (exact) mass is 1350 g/mol. The fraction of sp³-hybridized carbons (Fsp3) is 0.270. The van der Waals surface area contributed by atoms with Crippen LogP contribution in [-0.2, 0) is 32.2 Å². The van der Waals surface area contributed by atoms with Gasteiger partial charge in [-0.3, -0.25) is 4.98 Å². The Balaban J connectivity index is 0.658. The zero-order valence-corrected chi connectivity index (χ0v) is 58.1. The molecular formula is C89H88F3N3O6. The molecule has 516 valence electrons. The number of halogens is 3. The van der Waals surface area contributed by atoms with Gasteiger partial charge in [-0.05, 0) is 187 Å². The first-order chi connectivity index (χ1) is 49.4. The third kappa shape index (κ3) is 18.1. The Morgan fingerprint density at radius 1 is 0.366 bits per heavy atom. The van der Waals surface area contributed by atoms with Gasteiger partial charge in [-0.1, -0.05) is 197 Å². The SMILES string of the molecule is C/C=C/C(=O)OCCCCCCOc1ccc(-c2ccc3c4ccc(-c5ccc(-c6ccc(-c7ccc(-c8ccc(-c9ccc%10c%11ccc(-c%12ccc(OCCCCCCOC(=O)/C=C/C(F)(F)F)cc%12)cc%11n(CCCCC)c%10c9)cc8)cc7)nc6)cc5)cc4n(CCCCC)c3c2)cc1. The maximum absolute atomic E-state index is 12.3. The molecule has 0 unspecified atom stereocenters. The molecule has 3 aromatic heterocycles. The second kappa shape index (κ2) is 34.1. The summed E-state index contributed by atoms with van der Waals surface area (Å²) in [5, 5.41) is 5.02. The number of aryl methyl sites for hydroxylation is 2. The van der Waals surface area contributed by atoms with Crippen LogP contribution in [0, 0.1) is 0 Å².